The molecule has 1 fully saturated rings. The highest BCUT2D eigenvalue weighted by atomic mass is 35.7. The second-order valence-electron chi connectivity index (χ2n) is 9.19. The SMILES string of the molecule is [O-][Cl+3]([O-])([O-])O.c1ccc(-c2nc([P+](c3ccccc3)(c3ccccc3)c3ccccc3)c(N3CCOCC3)o2)cc1. The summed E-state index contributed by atoms with van der Waals surface area (Å²) in [5.74, 6) is 1.50. The van der Waals surface area contributed by atoms with Crippen molar-refractivity contribution in [2.75, 3.05) is 31.2 Å². The van der Waals surface area contributed by atoms with Crippen molar-refractivity contribution in [3.63, 3.8) is 0 Å². The number of oxazole rings is 1. The zero-order chi connectivity index (χ0) is 28.7. The Balaban J connectivity index is 0.000000623. The second kappa shape index (κ2) is 12.9. The standard InChI is InChI=1S/C31H28N2O2P.ClHO4/c1-5-13-25(14-6-1)29-32-30(31(35-29)33-21-23-34-24-22-33)36(26-15-7-2-8-16-26,27-17-9-3-10-18-27)28-19-11-4-12-20-28;2-1(3,4)5/h1-20H,21-24H2;(H,2,3,4,5)/q+1;. The van der Waals surface area contributed by atoms with Crippen LogP contribution in [0.3, 0.4) is 0 Å². The number of halogens is 1. The van der Waals surface area contributed by atoms with Crippen molar-refractivity contribution < 1.29 is 38.0 Å². The Kier molecular flexibility index (Phi) is 9.12. The Morgan fingerprint density at radius 3 is 1.46 bits per heavy atom. The van der Waals surface area contributed by atoms with Gasteiger partial charge in [-0.1, -0.05) is 72.8 Å². The van der Waals surface area contributed by atoms with Crippen molar-refractivity contribution in [1.29, 1.82) is 0 Å². The van der Waals surface area contributed by atoms with Crippen molar-refractivity contribution >= 4 is 34.5 Å². The predicted octanol–water partition coefficient (Wildman–Crippen LogP) is 0.674. The van der Waals surface area contributed by atoms with Crippen LogP contribution in [0.5, 0.6) is 0 Å². The fraction of sp³-hybridized carbons (Fsp3) is 0.129. The summed E-state index contributed by atoms with van der Waals surface area (Å²) in [7, 11) is -7.09. The molecule has 1 aliphatic heterocycles. The summed E-state index contributed by atoms with van der Waals surface area (Å²) in [5.41, 5.74) is 1.98. The highest BCUT2D eigenvalue weighted by Gasteiger charge is 2.53. The van der Waals surface area contributed by atoms with E-state index in [0.29, 0.717) is 19.1 Å². The molecule has 0 atom stereocenters. The fourth-order valence-electron chi connectivity index (χ4n) is 4.97. The summed E-state index contributed by atoms with van der Waals surface area (Å²) in [6, 6.07) is 42.7. The number of nitrogens with zero attached hydrogens (tertiary/aromatic N) is 2. The summed E-state index contributed by atoms with van der Waals surface area (Å²) in [4.78, 5) is 7.66. The minimum Gasteiger partial charge on any atom is -0.416 e. The Morgan fingerprint density at radius 1 is 0.659 bits per heavy atom. The van der Waals surface area contributed by atoms with Gasteiger partial charge in [0.2, 0.25) is 5.89 Å². The van der Waals surface area contributed by atoms with Crippen LogP contribution in [0.25, 0.3) is 11.5 Å². The normalized spacial score (nSPS) is 13.8. The number of anilines is 1. The molecule has 0 saturated carbocycles. The smallest absolute Gasteiger partial charge is 0.262 e. The van der Waals surface area contributed by atoms with E-state index in [9.17, 15) is 0 Å². The molecule has 1 saturated heterocycles. The number of benzene rings is 4. The van der Waals surface area contributed by atoms with Gasteiger partial charge < -0.3 is 14.1 Å². The summed E-state index contributed by atoms with van der Waals surface area (Å²) in [5, 5.41) is 3.76. The van der Waals surface area contributed by atoms with Crippen molar-refractivity contribution in [3.8, 4) is 11.5 Å². The Hall–Kier alpha value is -3.59. The van der Waals surface area contributed by atoms with Gasteiger partial charge in [-0.3, -0.25) is 0 Å². The molecule has 0 radical (unpaired) electrons. The van der Waals surface area contributed by atoms with Crippen LogP contribution in [-0.2, 0) is 4.74 Å². The minimum atomic E-state index is -4.69. The van der Waals surface area contributed by atoms with Gasteiger partial charge in [-0.25, -0.2) is 0 Å². The third-order valence-corrected chi connectivity index (χ3v) is 10.8. The minimum absolute atomic E-state index is 0.652. The highest BCUT2D eigenvalue weighted by Crippen LogP contribution is 2.56. The van der Waals surface area contributed by atoms with Crippen LogP contribution in [0.15, 0.2) is 126 Å². The monoisotopic (exact) mass is 591 g/mol. The van der Waals surface area contributed by atoms with E-state index in [4.69, 9.17) is 32.8 Å². The molecular formula is C31H29ClN2O6P+. The molecule has 0 amide bonds. The largest absolute Gasteiger partial charge is 0.416 e. The maximum absolute atomic E-state index is 8.60. The lowest BCUT2D eigenvalue weighted by molar-refractivity contribution is -1.92. The van der Waals surface area contributed by atoms with Gasteiger partial charge in [-0.05, 0) is 48.5 Å². The van der Waals surface area contributed by atoms with E-state index in [1.54, 1.807) is 0 Å². The van der Waals surface area contributed by atoms with Crippen LogP contribution in [0.1, 0.15) is 0 Å². The van der Waals surface area contributed by atoms with E-state index in [1.807, 2.05) is 18.2 Å². The number of rotatable bonds is 6. The zero-order valence-corrected chi connectivity index (χ0v) is 23.7. The van der Waals surface area contributed by atoms with Gasteiger partial charge in [0.1, 0.15) is 15.9 Å². The summed E-state index contributed by atoms with van der Waals surface area (Å²) in [6.45, 7) is 2.89. The van der Waals surface area contributed by atoms with Gasteiger partial charge in [0, 0.05) is 18.7 Å². The third-order valence-electron chi connectivity index (χ3n) is 6.66. The molecule has 0 unspecified atom stereocenters. The third kappa shape index (κ3) is 6.67. The van der Waals surface area contributed by atoms with Gasteiger partial charge in [0.05, 0.1) is 28.1 Å². The molecule has 210 valence electrons. The van der Waals surface area contributed by atoms with Crippen LogP contribution in [0.4, 0.5) is 5.88 Å². The first-order valence-electron chi connectivity index (χ1n) is 13.0. The maximum Gasteiger partial charge on any atom is 0.262 e. The Bertz CT molecular complexity index is 1410. The maximum atomic E-state index is 8.60. The predicted molar refractivity (Wildman–Crippen MR) is 152 cm³/mol. The molecule has 1 N–H and O–H groups in total. The number of hydrogen-bond donors (Lipinski definition) is 1. The summed E-state index contributed by atoms with van der Waals surface area (Å²) >= 11 is 0. The average molecular weight is 592 g/mol. The van der Waals surface area contributed by atoms with Gasteiger partial charge >= 0.3 is 0 Å². The molecule has 0 bridgehead atoms. The Labute approximate surface area is 241 Å². The highest BCUT2D eigenvalue weighted by molar-refractivity contribution is 8.01. The number of ether oxygens (including phenoxy) is 1. The van der Waals surface area contributed by atoms with Crippen LogP contribution in [-0.4, -0.2) is 35.9 Å². The summed E-state index contributed by atoms with van der Waals surface area (Å²) < 4.78 is 45.1. The van der Waals surface area contributed by atoms with E-state index in [2.05, 4.69) is 108 Å². The average Bonchev–Trinajstić information content (AvgIpc) is 3.45. The van der Waals surface area contributed by atoms with Crippen molar-refractivity contribution in [1.82, 2.24) is 4.98 Å². The molecule has 2 heterocycles. The number of morpholine rings is 1. The molecule has 8 nitrogen and oxygen atoms in total. The molecule has 10 heteroatoms. The van der Waals surface area contributed by atoms with Gasteiger partial charge in [0.15, 0.2) is 7.26 Å². The lowest BCUT2D eigenvalue weighted by atomic mass is 10.2. The topological polar surface area (TPSA) is 128 Å². The van der Waals surface area contributed by atoms with E-state index in [1.165, 1.54) is 15.9 Å². The van der Waals surface area contributed by atoms with E-state index >= 15 is 0 Å². The van der Waals surface area contributed by atoms with Gasteiger partial charge in [-0.15, -0.1) is 0 Å². The summed E-state index contributed by atoms with van der Waals surface area (Å²) in [6.07, 6.45) is 0. The molecule has 5 aromatic rings. The van der Waals surface area contributed by atoms with Crippen LogP contribution in [0, 0.1) is 10.2 Å². The lowest BCUT2D eigenvalue weighted by Gasteiger charge is -2.30. The molecule has 0 aliphatic carbocycles. The van der Waals surface area contributed by atoms with Crippen LogP contribution < -0.4 is 40.2 Å². The first-order valence-corrected chi connectivity index (χ1v) is 16.0. The van der Waals surface area contributed by atoms with Crippen molar-refractivity contribution in [3.05, 3.63) is 121 Å². The zero-order valence-electron chi connectivity index (χ0n) is 22.1. The molecule has 1 aromatic heterocycles. The number of hydrogen-bond acceptors (Lipinski definition) is 8. The first-order chi connectivity index (χ1) is 19.9. The quantitative estimate of drug-likeness (QED) is 0.286. The first kappa shape index (κ1) is 28.9. The van der Waals surface area contributed by atoms with Crippen molar-refractivity contribution in [2.45, 2.75) is 0 Å². The van der Waals surface area contributed by atoms with Crippen molar-refractivity contribution in [2.24, 2.45) is 0 Å². The van der Waals surface area contributed by atoms with E-state index in [0.717, 1.165) is 30.0 Å². The molecule has 4 aromatic carbocycles. The molecule has 41 heavy (non-hydrogen) atoms. The van der Waals surface area contributed by atoms with Crippen LogP contribution >= 0.6 is 7.26 Å². The van der Waals surface area contributed by atoms with Gasteiger partial charge in [0.25, 0.3) is 11.3 Å². The van der Waals surface area contributed by atoms with E-state index < -0.39 is 17.5 Å². The lowest BCUT2D eigenvalue weighted by Crippen LogP contribution is -2.58. The van der Waals surface area contributed by atoms with Gasteiger partial charge in [-0.2, -0.15) is 19.0 Å². The number of aromatic nitrogens is 1. The fourth-order valence-corrected chi connectivity index (χ4v) is 9.17. The molecule has 6 rings (SSSR count). The molecule has 0 spiro atoms. The van der Waals surface area contributed by atoms with Crippen LogP contribution in [0.2, 0.25) is 0 Å². The second-order valence-corrected chi connectivity index (χ2v) is 13.3. The molecular weight excluding hydrogens is 563 g/mol. The van der Waals surface area contributed by atoms with E-state index in [-0.39, 0.29) is 0 Å². The Morgan fingerprint density at radius 2 is 1.05 bits per heavy atom. The molecule has 1 aliphatic rings.